The molecule has 196 valence electrons. The molecule has 0 saturated heterocycles. The molecule has 0 aliphatic rings. The third-order valence-corrected chi connectivity index (χ3v) is 8.48. The van der Waals surface area contributed by atoms with Gasteiger partial charge in [-0.2, -0.15) is 0 Å². The molecule has 0 heterocycles. The summed E-state index contributed by atoms with van der Waals surface area (Å²) in [5, 5.41) is 3.63. The quantitative estimate of drug-likeness (QED) is 0.208. The summed E-state index contributed by atoms with van der Waals surface area (Å²) in [4.78, 5) is 14.0. The zero-order chi connectivity index (χ0) is 27.3. The number of methoxy groups -OCH3 is 1. The van der Waals surface area contributed by atoms with E-state index in [0.717, 1.165) is 10.0 Å². The monoisotopic (exact) mass is 612 g/mol. The van der Waals surface area contributed by atoms with Crippen molar-refractivity contribution in [3.8, 4) is 0 Å². The molecule has 38 heavy (non-hydrogen) atoms. The molecule has 0 unspecified atom stereocenters. The molecule has 2 N–H and O–H groups in total. The molecule has 0 spiro atoms. The summed E-state index contributed by atoms with van der Waals surface area (Å²) in [6, 6.07) is 28.2. The van der Waals surface area contributed by atoms with Crippen LogP contribution in [0.1, 0.15) is 22.7 Å². The van der Waals surface area contributed by atoms with Gasteiger partial charge in [0.2, 0.25) is 10.0 Å². The number of sulfonamides is 1. The molecule has 0 amide bonds. The lowest BCUT2D eigenvalue weighted by molar-refractivity contribution is -0.147. The summed E-state index contributed by atoms with van der Waals surface area (Å²) in [5.74, 6) is -0.705. The molecule has 4 rings (SSSR count). The van der Waals surface area contributed by atoms with Crippen LogP contribution in [-0.4, -0.2) is 21.5 Å². The van der Waals surface area contributed by atoms with Gasteiger partial charge >= 0.3 is 5.97 Å². The van der Waals surface area contributed by atoms with Crippen LogP contribution in [0.25, 0.3) is 0 Å². The predicted octanol–water partition coefficient (Wildman–Crippen LogP) is 6.61. The van der Waals surface area contributed by atoms with Crippen molar-refractivity contribution in [1.29, 1.82) is 0 Å². The second-order valence-corrected chi connectivity index (χ2v) is 11.7. The third-order valence-electron chi connectivity index (χ3n) is 6.18. The molecule has 6 nitrogen and oxygen atoms in total. The first-order valence-electron chi connectivity index (χ1n) is 11.7. The Kier molecular flexibility index (Phi) is 8.57. The average Bonchev–Trinajstić information content (AvgIpc) is 2.92. The van der Waals surface area contributed by atoms with E-state index in [1.165, 1.54) is 19.2 Å². The van der Waals surface area contributed by atoms with Crippen LogP contribution in [0.5, 0.6) is 0 Å². The number of carbonyl (C=O) groups is 1. The van der Waals surface area contributed by atoms with Crippen LogP contribution in [0.15, 0.2) is 112 Å². The van der Waals surface area contributed by atoms with Gasteiger partial charge < -0.3 is 10.1 Å². The zero-order valence-electron chi connectivity index (χ0n) is 20.7. The normalized spacial score (nSPS) is 13.8. The fourth-order valence-electron chi connectivity index (χ4n) is 4.24. The Morgan fingerprint density at radius 1 is 0.895 bits per heavy atom. The van der Waals surface area contributed by atoms with Crippen LogP contribution < -0.4 is 10.0 Å². The van der Waals surface area contributed by atoms with Crippen molar-refractivity contribution < 1.29 is 17.9 Å². The highest BCUT2D eigenvalue weighted by Crippen LogP contribution is 2.42. The van der Waals surface area contributed by atoms with Crippen molar-refractivity contribution in [1.82, 2.24) is 4.72 Å². The molecule has 4 aromatic rings. The van der Waals surface area contributed by atoms with E-state index in [-0.39, 0.29) is 4.90 Å². The number of carbonyl (C=O) groups excluding carboxylic acids is 1. The maximum Gasteiger partial charge on any atom is 0.338 e. The van der Waals surface area contributed by atoms with Gasteiger partial charge in [-0.05, 0) is 54.4 Å². The summed E-state index contributed by atoms with van der Waals surface area (Å²) < 4.78 is 36.5. The molecule has 0 bridgehead atoms. The minimum absolute atomic E-state index is 0.0646. The number of nitrogens with one attached hydrogen (secondary N) is 2. The summed E-state index contributed by atoms with van der Waals surface area (Å²) in [7, 11) is -2.85. The molecule has 0 saturated carbocycles. The molecule has 0 fully saturated rings. The fourth-order valence-corrected chi connectivity index (χ4v) is 5.94. The summed E-state index contributed by atoms with van der Waals surface area (Å²) in [6.07, 6.45) is 0. The van der Waals surface area contributed by atoms with E-state index in [0.29, 0.717) is 21.8 Å². The highest BCUT2D eigenvalue weighted by Gasteiger charge is 2.51. The molecular weight excluding hydrogens is 588 g/mol. The van der Waals surface area contributed by atoms with Crippen molar-refractivity contribution in [3.05, 3.63) is 129 Å². The lowest BCUT2D eigenvalue weighted by atomic mass is 9.79. The van der Waals surface area contributed by atoms with Crippen LogP contribution >= 0.6 is 27.5 Å². The highest BCUT2D eigenvalue weighted by molar-refractivity contribution is 9.10. The van der Waals surface area contributed by atoms with Crippen LogP contribution in [0, 0.1) is 6.92 Å². The average molecular weight is 614 g/mol. The van der Waals surface area contributed by atoms with Crippen molar-refractivity contribution in [2.45, 2.75) is 23.4 Å². The van der Waals surface area contributed by atoms with Crippen LogP contribution in [0.3, 0.4) is 0 Å². The first-order valence-corrected chi connectivity index (χ1v) is 14.3. The van der Waals surface area contributed by atoms with Crippen molar-refractivity contribution in [3.63, 3.8) is 0 Å². The summed E-state index contributed by atoms with van der Waals surface area (Å²) in [5.41, 5.74) is 0.595. The molecule has 9 heteroatoms. The first kappa shape index (κ1) is 27.9. The van der Waals surface area contributed by atoms with Gasteiger partial charge in [-0.3, -0.25) is 0 Å². The standard InChI is InChI=1S/C29H26BrClN2O4S/c1-20-12-18-24(19-13-20)38(35,36)33-27(21-14-16-23(30)17-15-21)29(28(34)37-2,22-8-4-3-5-9-22)32-26-11-7-6-10-25(26)31/h3-19,27,32-33H,1-2H3/t27-,29+/m0/s1. The lowest BCUT2D eigenvalue weighted by Gasteiger charge is -2.40. The number of benzene rings is 4. The van der Waals surface area contributed by atoms with Gasteiger partial charge in [0.15, 0.2) is 5.54 Å². The number of aryl methyl sites for hydroxylation is 1. The number of hydrogen-bond donors (Lipinski definition) is 2. The highest BCUT2D eigenvalue weighted by atomic mass is 79.9. The third kappa shape index (κ3) is 5.78. The van der Waals surface area contributed by atoms with Crippen LogP contribution in [-0.2, 0) is 25.1 Å². The van der Waals surface area contributed by atoms with E-state index in [9.17, 15) is 13.2 Å². The SMILES string of the molecule is COC(=O)[C@@](Nc1ccccc1Cl)(c1ccccc1)[C@@H](NS(=O)(=O)c1ccc(C)cc1)c1ccc(Br)cc1. The van der Waals surface area contributed by atoms with Crippen molar-refractivity contribution in [2.24, 2.45) is 0 Å². The van der Waals surface area contributed by atoms with E-state index < -0.39 is 27.6 Å². The molecule has 0 aromatic heterocycles. The smallest absolute Gasteiger partial charge is 0.338 e. The number of hydrogen-bond acceptors (Lipinski definition) is 5. The molecular formula is C29H26BrClN2O4S. The number of esters is 1. The minimum Gasteiger partial charge on any atom is -0.467 e. The number of para-hydroxylation sites is 1. The molecule has 0 radical (unpaired) electrons. The molecule has 0 aliphatic heterocycles. The minimum atomic E-state index is -4.11. The van der Waals surface area contributed by atoms with Gasteiger partial charge in [-0.1, -0.05) is 99.8 Å². The van der Waals surface area contributed by atoms with Gasteiger partial charge in [0.25, 0.3) is 0 Å². The Balaban J connectivity index is 2.01. The second-order valence-electron chi connectivity index (χ2n) is 8.69. The van der Waals surface area contributed by atoms with Gasteiger partial charge in [-0.15, -0.1) is 0 Å². The van der Waals surface area contributed by atoms with Crippen LogP contribution in [0.4, 0.5) is 5.69 Å². The van der Waals surface area contributed by atoms with E-state index in [1.807, 2.05) is 13.0 Å². The van der Waals surface area contributed by atoms with Gasteiger partial charge in [-0.25, -0.2) is 17.9 Å². The molecule has 0 aliphatic carbocycles. The maximum atomic E-state index is 13.9. The van der Waals surface area contributed by atoms with Gasteiger partial charge in [0.1, 0.15) is 0 Å². The predicted molar refractivity (Wildman–Crippen MR) is 154 cm³/mol. The largest absolute Gasteiger partial charge is 0.467 e. The van der Waals surface area contributed by atoms with E-state index in [1.54, 1.807) is 84.9 Å². The van der Waals surface area contributed by atoms with Gasteiger partial charge in [0.05, 0.1) is 28.8 Å². The second kappa shape index (κ2) is 11.7. The number of halogens is 2. The van der Waals surface area contributed by atoms with E-state index in [4.69, 9.17) is 16.3 Å². The van der Waals surface area contributed by atoms with Crippen molar-refractivity contribution in [2.75, 3.05) is 12.4 Å². The Morgan fingerprint density at radius 3 is 2.11 bits per heavy atom. The van der Waals surface area contributed by atoms with E-state index >= 15 is 0 Å². The van der Waals surface area contributed by atoms with Gasteiger partial charge in [0, 0.05) is 4.47 Å². The van der Waals surface area contributed by atoms with Crippen molar-refractivity contribution >= 4 is 49.2 Å². The van der Waals surface area contributed by atoms with E-state index in [2.05, 4.69) is 26.0 Å². The topological polar surface area (TPSA) is 84.5 Å². The fraction of sp³-hybridized carbons (Fsp3) is 0.138. The Morgan fingerprint density at radius 2 is 1.50 bits per heavy atom. The lowest BCUT2D eigenvalue weighted by Crippen LogP contribution is -2.55. The molecule has 2 atom stereocenters. The molecule has 4 aromatic carbocycles. The number of anilines is 1. The number of rotatable bonds is 9. The maximum absolute atomic E-state index is 13.9. The number of ether oxygens (including phenoxy) is 1. The summed E-state index contributed by atoms with van der Waals surface area (Å²) in [6.45, 7) is 1.87. The Labute approximate surface area is 236 Å². The van der Waals surface area contributed by atoms with Crippen LogP contribution in [0.2, 0.25) is 5.02 Å². The Bertz CT molecular complexity index is 1510. The Hall–Kier alpha value is -3.17. The first-order chi connectivity index (χ1) is 18.2. The summed E-state index contributed by atoms with van der Waals surface area (Å²) >= 11 is 9.96. The zero-order valence-corrected chi connectivity index (χ0v) is 23.8.